The number of hydrogen-bond donors (Lipinski definition) is 1. The van der Waals surface area contributed by atoms with Crippen LogP contribution in [0.15, 0.2) is 11.1 Å². The molecule has 0 saturated heterocycles. The van der Waals surface area contributed by atoms with Crippen molar-refractivity contribution in [2.24, 2.45) is 0 Å². The van der Waals surface area contributed by atoms with Crippen molar-refractivity contribution in [1.29, 1.82) is 0 Å². The molecule has 0 rings (SSSR count). The van der Waals surface area contributed by atoms with Gasteiger partial charge in [0, 0.05) is 12.1 Å². The fraction of sp³-hybridized carbons (Fsp3) is 0.667. The van der Waals surface area contributed by atoms with Crippen molar-refractivity contribution < 1.29 is 9.90 Å². The molecule has 0 spiro atoms. The molecule has 3 heteroatoms. The lowest BCUT2D eigenvalue weighted by atomic mass is 10.1. The Bertz CT molecular complexity index is 195. The van der Waals surface area contributed by atoms with Gasteiger partial charge in [-0.3, -0.25) is 0 Å². The van der Waals surface area contributed by atoms with Crippen LogP contribution in [-0.2, 0) is 4.79 Å². The Morgan fingerprint density at radius 1 is 1.42 bits per heavy atom. The van der Waals surface area contributed by atoms with E-state index in [4.69, 9.17) is 5.11 Å². The summed E-state index contributed by atoms with van der Waals surface area (Å²) in [6.07, 6.45) is 0.801. The summed E-state index contributed by atoms with van der Waals surface area (Å²) in [5.74, 6) is -0.803. The molecular formula is C9H17NO2. The van der Waals surface area contributed by atoms with Gasteiger partial charge < -0.3 is 10.0 Å². The Kier molecular flexibility index (Phi) is 4.59. The number of aliphatic carboxylic acids is 1. The molecule has 0 aromatic heterocycles. The lowest BCUT2D eigenvalue weighted by molar-refractivity contribution is -0.133. The van der Waals surface area contributed by atoms with E-state index >= 15 is 0 Å². The largest absolute Gasteiger partial charge is 0.478 e. The Hall–Kier alpha value is -0.830. The predicted molar refractivity (Wildman–Crippen MR) is 49.2 cm³/mol. The molecule has 0 unspecified atom stereocenters. The van der Waals surface area contributed by atoms with E-state index in [-0.39, 0.29) is 0 Å². The van der Waals surface area contributed by atoms with E-state index < -0.39 is 5.97 Å². The Morgan fingerprint density at radius 3 is 2.17 bits per heavy atom. The molecule has 0 radical (unpaired) electrons. The molecule has 1 N–H and O–H groups in total. The maximum atomic E-state index is 10.8. The summed E-state index contributed by atoms with van der Waals surface area (Å²) in [4.78, 5) is 12.6. The van der Waals surface area contributed by atoms with Crippen LogP contribution in [0.3, 0.4) is 0 Å². The third-order valence-corrected chi connectivity index (χ3v) is 1.78. The van der Waals surface area contributed by atoms with Gasteiger partial charge >= 0.3 is 5.97 Å². The summed E-state index contributed by atoms with van der Waals surface area (Å²) in [6, 6.07) is 0. The van der Waals surface area contributed by atoms with Crippen LogP contribution < -0.4 is 0 Å². The van der Waals surface area contributed by atoms with Gasteiger partial charge in [-0.15, -0.1) is 0 Å². The number of hydrogen-bond acceptors (Lipinski definition) is 2. The van der Waals surface area contributed by atoms with E-state index in [0.29, 0.717) is 12.1 Å². The average Bonchev–Trinajstić information content (AvgIpc) is 1.98. The minimum absolute atomic E-state index is 0.509. The second-order valence-corrected chi connectivity index (χ2v) is 3.16. The molecular weight excluding hydrogens is 154 g/mol. The second kappa shape index (κ2) is 4.93. The van der Waals surface area contributed by atoms with E-state index in [1.807, 2.05) is 32.8 Å². The van der Waals surface area contributed by atoms with Crippen LogP contribution in [0.2, 0.25) is 0 Å². The number of nitrogens with zero attached hydrogens (tertiary/aromatic N) is 1. The summed E-state index contributed by atoms with van der Waals surface area (Å²) in [5.41, 5.74) is 1.47. The molecule has 0 aliphatic heterocycles. The van der Waals surface area contributed by atoms with Crippen molar-refractivity contribution in [3.8, 4) is 0 Å². The van der Waals surface area contributed by atoms with E-state index in [2.05, 4.69) is 0 Å². The highest BCUT2D eigenvalue weighted by molar-refractivity contribution is 5.87. The summed E-state index contributed by atoms with van der Waals surface area (Å²) in [6.45, 7) is 4.34. The molecule has 0 aliphatic rings. The van der Waals surface area contributed by atoms with E-state index in [1.165, 1.54) is 0 Å². The first-order valence-electron chi connectivity index (χ1n) is 4.05. The summed E-state index contributed by atoms with van der Waals surface area (Å²) >= 11 is 0. The smallest absolute Gasteiger partial charge is 0.332 e. The quantitative estimate of drug-likeness (QED) is 0.649. The highest BCUT2D eigenvalue weighted by atomic mass is 16.4. The maximum Gasteiger partial charge on any atom is 0.332 e. The number of likely N-dealkylation sites (N-methyl/N-ethyl adjacent to an activating group) is 1. The van der Waals surface area contributed by atoms with Gasteiger partial charge in [-0.05, 0) is 27.4 Å². The fourth-order valence-electron chi connectivity index (χ4n) is 0.915. The van der Waals surface area contributed by atoms with Crippen LogP contribution >= 0.6 is 0 Å². The Morgan fingerprint density at radius 2 is 1.92 bits per heavy atom. The van der Waals surface area contributed by atoms with Gasteiger partial charge in [0.15, 0.2) is 0 Å². The first-order chi connectivity index (χ1) is 5.49. The maximum absolute atomic E-state index is 10.8. The van der Waals surface area contributed by atoms with Crippen LogP contribution in [0.4, 0.5) is 0 Å². The summed E-state index contributed by atoms with van der Waals surface area (Å²) in [7, 11) is 3.73. The van der Waals surface area contributed by atoms with E-state index in [1.54, 1.807) is 0 Å². The third kappa shape index (κ3) is 3.53. The topological polar surface area (TPSA) is 40.5 Å². The SMILES string of the molecule is CCC(C)=C(CN(C)C)C(=O)O. The Balaban J connectivity index is 4.55. The van der Waals surface area contributed by atoms with Gasteiger partial charge in [0.2, 0.25) is 0 Å². The van der Waals surface area contributed by atoms with Gasteiger partial charge in [-0.1, -0.05) is 12.5 Å². The minimum atomic E-state index is -0.803. The lowest BCUT2D eigenvalue weighted by Gasteiger charge is -2.12. The molecule has 0 saturated carbocycles. The molecule has 0 fully saturated rings. The molecule has 0 atom stereocenters. The molecule has 3 nitrogen and oxygen atoms in total. The van der Waals surface area contributed by atoms with Crippen LogP contribution in [0.25, 0.3) is 0 Å². The van der Waals surface area contributed by atoms with Crippen LogP contribution in [0.5, 0.6) is 0 Å². The summed E-state index contributed by atoms with van der Waals surface area (Å²) < 4.78 is 0. The number of carboxylic acid groups (broad SMARTS) is 1. The van der Waals surface area contributed by atoms with Crippen molar-refractivity contribution in [2.45, 2.75) is 20.3 Å². The van der Waals surface area contributed by atoms with Gasteiger partial charge in [0.05, 0.1) is 0 Å². The monoisotopic (exact) mass is 171 g/mol. The number of rotatable bonds is 4. The van der Waals surface area contributed by atoms with Crippen LogP contribution in [-0.4, -0.2) is 36.6 Å². The zero-order valence-electron chi connectivity index (χ0n) is 8.22. The van der Waals surface area contributed by atoms with Gasteiger partial charge in [-0.2, -0.15) is 0 Å². The minimum Gasteiger partial charge on any atom is -0.478 e. The molecule has 0 bridgehead atoms. The van der Waals surface area contributed by atoms with Crippen molar-refractivity contribution in [1.82, 2.24) is 4.90 Å². The molecule has 0 amide bonds. The molecule has 0 heterocycles. The first-order valence-corrected chi connectivity index (χ1v) is 4.05. The lowest BCUT2D eigenvalue weighted by Crippen LogP contribution is -2.20. The van der Waals surface area contributed by atoms with Crippen molar-refractivity contribution in [3.05, 3.63) is 11.1 Å². The third-order valence-electron chi connectivity index (χ3n) is 1.78. The molecule has 12 heavy (non-hydrogen) atoms. The zero-order chi connectivity index (χ0) is 9.72. The number of carboxylic acids is 1. The number of allylic oxidation sites excluding steroid dienone is 1. The van der Waals surface area contributed by atoms with Crippen LogP contribution in [0.1, 0.15) is 20.3 Å². The molecule has 0 aromatic rings. The predicted octanol–water partition coefficient (Wildman–Crippen LogP) is 1.36. The standard InChI is InChI=1S/C9H17NO2/c1-5-7(2)8(9(11)12)6-10(3)4/h5-6H2,1-4H3,(H,11,12). The van der Waals surface area contributed by atoms with Gasteiger partial charge in [0.25, 0.3) is 0 Å². The van der Waals surface area contributed by atoms with Crippen LogP contribution in [0, 0.1) is 0 Å². The van der Waals surface area contributed by atoms with Gasteiger partial charge in [-0.25, -0.2) is 4.79 Å². The second-order valence-electron chi connectivity index (χ2n) is 3.16. The first kappa shape index (κ1) is 11.2. The molecule has 0 aromatic carbocycles. The fourth-order valence-corrected chi connectivity index (χ4v) is 0.915. The molecule has 70 valence electrons. The Labute approximate surface area is 73.7 Å². The highest BCUT2D eigenvalue weighted by Gasteiger charge is 2.10. The normalized spacial score (nSPS) is 13.1. The summed E-state index contributed by atoms with van der Waals surface area (Å²) in [5, 5.41) is 8.84. The highest BCUT2D eigenvalue weighted by Crippen LogP contribution is 2.08. The van der Waals surface area contributed by atoms with Crippen molar-refractivity contribution in [3.63, 3.8) is 0 Å². The molecule has 0 aliphatic carbocycles. The van der Waals surface area contributed by atoms with Gasteiger partial charge in [0.1, 0.15) is 0 Å². The van der Waals surface area contributed by atoms with E-state index in [0.717, 1.165) is 12.0 Å². The zero-order valence-corrected chi connectivity index (χ0v) is 8.22. The average molecular weight is 171 g/mol. The van der Waals surface area contributed by atoms with E-state index in [9.17, 15) is 4.79 Å². The van der Waals surface area contributed by atoms with Crippen molar-refractivity contribution >= 4 is 5.97 Å². The van der Waals surface area contributed by atoms with Crippen molar-refractivity contribution in [2.75, 3.05) is 20.6 Å². The number of carbonyl (C=O) groups is 1.